The lowest BCUT2D eigenvalue weighted by atomic mass is 10.1. The van der Waals surface area contributed by atoms with Gasteiger partial charge in [-0.1, -0.05) is 12.1 Å². The Bertz CT molecular complexity index is 954. The molecule has 0 aliphatic carbocycles. The third-order valence-electron chi connectivity index (χ3n) is 3.78. The van der Waals surface area contributed by atoms with E-state index in [2.05, 4.69) is 10.6 Å². The van der Waals surface area contributed by atoms with Crippen molar-refractivity contribution in [3.63, 3.8) is 0 Å². The van der Waals surface area contributed by atoms with Gasteiger partial charge in [0.25, 0.3) is 11.8 Å². The van der Waals surface area contributed by atoms with Gasteiger partial charge < -0.3 is 20.1 Å². The number of hydrogen-bond donors (Lipinski definition) is 2. The van der Waals surface area contributed by atoms with Crippen LogP contribution in [0, 0.1) is 0 Å². The molecule has 27 heavy (non-hydrogen) atoms. The normalized spacial score (nSPS) is 10.1. The average Bonchev–Trinajstić information content (AvgIpc) is 3.23. The van der Waals surface area contributed by atoms with Crippen LogP contribution in [0.3, 0.4) is 0 Å². The second-order valence-electron chi connectivity index (χ2n) is 5.53. The number of nitrogens with one attached hydrogen (secondary N) is 2. The van der Waals surface area contributed by atoms with E-state index >= 15 is 0 Å². The molecule has 0 saturated carbocycles. The number of methoxy groups -OCH3 is 2. The second-order valence-corrected chi connectivity index (χ2v) is 6.48. The van der Waals surface area contributed by atoms with E-state index in [4.69, 9.17) is 9.47 Å². The summed E-state index contributed by atoms with van der Waals surface area (Å²) in [7, 11) is 3.08. The monoisotopic (exact) mass is 382 g/mol. The van der Waals surface area contributed by atoms with Crippen LogP contribution in [-0.2, 0) is 0 Å². The van der Waals surface area contributed by atoms with E-state index in [0.29, 0.717) is 33.3 Å². The molecule has 0 aliphatic heterocycles. The number of anilines is 2. The van der Waals surface area contributed by atoms with Gasteiger partial charge in [-0.15, -0.1) is 11.3 Å². The largest absolute Gasteiger partial charge is 0.497 e. The average molecular weight is 382 g/mol. The first-order valence-electron chi connectivity index (χ1n) is 8.09. The SMILES string of the molecule is COc1ccc(NC(=O)c2cccc(NC(=O)c3cccs3)c2)c(OC)c1. The summed E-state index contributed by atoms with van der Waals surface area (Å²) in [5, 5.41) is 7.43. The zero-order chi connectivity index (χ0) is 19.2. The van der Waals surface area contributed by atoms with Crippen molar-refractivity contribution in [2.45, 2.75) is 0 Å². The van der Waals surface area contributed by atoms with Gasteiger partial charge in [-0.05, 0) is 41.8 Å². The number of carbonyl (C=O) groups excluding carboxylic acids is 2. The molecule has 0 saturated heterocycles. The van der Waals surface area contributed by atoms with Crippen LogP contribution in [0.15, 0.2) is 60.0 Å². The van der Waals surface area contributed by atoms with Crippen LogP contribution in [0.4, 0.5) is 11.4 Å². The van der Waals surface area contributed by atoms with Crippen molar-refractivity contribution < 1.29 is 19.1 Å². The van der Waals surface area contributed by atoms with Gasteiger partial charge in [0.05, 0.1) is 24.8 Å². The zero-order valence-electron chi connectivity index (χ0n) is 14.8. The Morgan fingerprint density at radius 3 is 2.44 bits per heavy atom. The number of carbonyl (C=O) groups is 2. The highest BCUT2D eigenvalue weighted by atomic mass is 32.1. The van der Waals surface area contributed by atoms with Crippen LogP contribution in [0.1, 0.15) is 20.0 Å². The number of rotatable bonds is 6. The maximum absolute atomic E-state index is 12.6. The topological polar surface area (TPSA) is 76.7 Å². The first-order valence-corrected chi connectivity index (χ1v) is 8.97. The highest BCUT2D eigenvalue weighted by Crippen LogP contribution is 2.29. The van der Waals surface area contributed by atoms with Crippen LogP contribution >= 0.6 is 11.3 Å². The van der Waals surface area contributed by atoms with Crippen molar-refractivity contribution >= 4 is 34.5 Å². The molecule has 2 aromatic carbocycles. The lowest BCUT2D eigenvalue weighted by Gasteiger charge is -2.12. The molecule has 3 aromatic rings. The van der Waals surface area contributed by atoms with Crippen LogP contribution in [0.2, 0.25) is 0 Å². The Hall–Kier alpha value is -3.32. The van der Waals surface area contributed by atoms with E-state index in [-0.39, 0.29) is 11.8 Å². The fraction of sp³-hybridized carbons (Fsp3) is 0.100. The summed E-state index contributed by atoms with van der Waals surface area (Å²) < 4.78 is 10.4. The van der Waals surface area contributed by atoms with Gasteiger partial charge in [-0.2, -0.15) is 0 Å². The summed E-state index contributed by atoms with van der Waals surface area (Å²) >= 11 is 1.35. The van der Waals surface area contributed by atoms with Crippen molar-refractivity contribution in [2.24, 2.45) is 0 Å². The van der Waals surface area contributed by atoms with Crippen LogP contribution < -0.4 is 20.1 Å². The summed E-state index contributed by atoms with van der Waals surface area (Å²) in [5.41, 5.74) is 1.48. The van der Waals surface area contributed by atoms with Crippen molar-refractivity contribution in [2.75, 3.05) is 24.9 Å². The minimum absolute atomic E-state index is 0.209. The van der Waals surface area contributed by atoms with Crippen LogP contribution in [0.5, 0.6) is 11.5 Å². The lowest BCUT2D eigenvalue weighted by molar-refractivity contribution is 0.101. The summed E-state index contributed by atoms with van der Waals surface area (Å²) in [5.74, 6) is 0.595. The summed E-state index contributed by atoms with van der Waals surface area (Å²) in [6.45, 7) is 0. The van der Waals surface area contributed by atoms with Crippen molar-refractivity contribution in [1.29, 1.82) is 0 Å². The lowest BCUT2D eigenvalue weighted by Crippen LogP contribution is -2.14. The van der Waals surface area contributed by atoms with Crippen molar-refractivity contribution in [1.82, 2.24) is 0 Å². The minimum Gasteiger partial charge on any atom is -0.497 e. The van der Waals surface area contributed by atoms with Crippen molar-refractivity contribution in [3.05, 3.63) is 70.4 Å². The predicted molar refractivity (Wildman–Crippen MR) is 106 cm³/mol. The van der Waals surface area contributed by atoms with Gasteiger partial charge in [0.2, 0.25) is 0 Å². The number of hydrogen-bond acceptors (Lipinski definition) is 5. The maximum atomic E-state index is 12.6. The Morgan fingerprint density at radius 2 is 1.74 bits per heavy atom. The molecule has 0 fully saturated rings. The first-order chi connectivity index (χ1) is 13.1. The zero-order valence-corrected chi connectivity index (χ0v) is 15.6. The number of amides is 2. The molecule has 0 bridgehead atoms. The van der Waals surface area contributed by atoms with Gasteiger partial charge in [-0.3, -0.25) is 9.59 Å². The Morgan fingerprint density at radius 1 is 0.889 bits per heavy atom. The van der Waals surface area contributed by atoms with Crippen LogP contribution in [0.25, 0.3) is 0 Å². The van der Waals surface area contributed by atoms with Crippen molar-refractivity contribution in [3.8, 4) is 11.5 Å². The molecule has 0 spiro atoms. The Kier molecular flexibility index (Phi) is 5.73. The molecule has 1 aromatic heterocycles. The van der Waals surface area contributed by atoms with E-state index < -0.39 is 0 Å². The van der Waals surface area contributed by atoms with E-state index in [0.717, 1.165) is 0 Å². The molecule has 2 N–H and O–H groups in total. The van der Waals surface area contributed by atoms with Gasteiger partial charge in [0.1, 0.15) is 11.5 Å². The molecule has 7 heteroatoms. The quantitative estimate of drug-likeness (QED) is 0.667. The highest BCUT2D eigenvalue weighted by Gasteiger charge is 2.13. The third kappa shape index (κ3) is 4.45. The molecule has 0 radical (unpaired) electrons. The number of benzene rings is 2. The van der Waals surface area contributed by atoms with Gasteiger partial charge in [-0.25, -0.2) is 0 Å². The molecule has 2 amide bonds. The molecule has 0 unspecified atom stereocenters. The van der Waals surface area contributed by atoms with Crippen LogP contribution in [-0.4, -0.2) is 26.0 Å². The Labute approximate surface area is 160 Å². The summed E-state index contributed by atoms with van der Waals surface area (Å²) in [4.78, 5) is 25.4. The van der Waals surface area contributed by atoms with Gasteiger partial charge >= 0.3 is 0 Å². The molecule has 138 valence electrons. The summed E-state index contributed by atoms with van der Waals surface area (Å²) in [6.07, 6.45) is 0. The molecule has 6 nitrogen and oxygen atoms in total. The van der Waals surface area contributed by atoms with E-state index in [1.165, 1.54) is 18.4 Å². The number of thiophene rings is 1. The molecular formula is C20H18N2O4S. The fourth-order valence-electron chi connectivity index (χ4n) is 2.43. The minimum atomic E-state index is -0.314. The molecule has 3 rings (SSSR count). The number of ether oxygens (including phenoxy) is 2. The van der Waals surface area contributed by atoms with E-state index in [9.17, 15) is 9.59 Å². The van der Waals surface area contributed by atoms with Gasteiger partial charge in [0.15, 0.2) is 0 Å². The fourth-order valence-corrected chi connectivity index (χ4v) is 3.05. The molecule has 0 atom stereocenters. The predicted octanol–water partition coefficient (Wildman–Crippen LogP) is 4.27. The molecule has 0 aliphatic rings. The maximum Gasteiger partial charge on any atom is 0.265 e. The molecule has 1 heterocycles. The van der Waals surface area contributed by atoms with Gasteiger partial charge in [0, 0.05) is 17.3 Å². The highest BCUT2D eigenvalue weighted by molar-refractivity contribution is 7.12. The van der Waals surface area contributed by atoms with E-state index in [1.54, 1.807) is 55.6 Å². The first kappa shape index (κ1) is 18.5. The molecular weight excluding hydrogens is 364 g/mol. The third-order valence-corrected chi connectivity index (χ3v) is 4.65. The second kappa shape index (κ2) is 8.37. The smallest absolute Gasteiger partial charge is 0.265 e. The standard InChI is InChI=1S/C20H18N2O4S/c1-25-15-8-9-16(17(12-15)26-2)22-19(23)13-5-3-6-14(11-13)21-20(24)18-7-4-10-27-18/h3-12H,1-2H3,(H,21,24)(H,22,23). The summed E-state index contributed by atoms with van der Waals surface area (Å²) in [6, 6.07) is 15.4. The Balaban J connectivity index is 1.75. The van der Waals surface area contributed by atoms with E-state index in [1.807, 2.05) is 11.4 Å².